The summed E-state index contributed by atoms with van der Waals surface area (Å²) in [4.78, 5) is 0. The molecule has 1 N–H and O–H groups in total. The molecule has 1 rings (SSSR count). The molecular formula is C14H18F3N. The van der Waals surface area contributed by atoms with Crippen molar-refractivity contribution in [2.24, 2.45) is 0 Å². The van der Waals surface area contributed by atoms with Gasteiger partial charge >= 0.3 is 6.18 Å². The van der Waals surface area contributed by atoms with Gasteiger partial charge in [0.05, 0.1) is 5.56 Å². The van der Waals surface area contributed by atoms with E-state index < -0.39 is 11.7 Å². The van der Waals surface area contributed by atoms with Gasteiger partial charge < -0.3 is 5.32 Å². The topological polar surface area (TPSA) is 12.0 Å². The first-order valence-corrected chi connectivity index (χ1v) is 5.87. The number of benzene rings is 1. The highest BCUT2D eigenvalue weighted by Crippen LogP contribution is 2.32. The first kappa shape index (κ1) is 14.8. The lowest BCUT2D eigenvalue weighted by Gasteiger charge is -2.12. The zero-order valence-corrected chi connectivity index (χ0v) is 10.8. The average molecular weight is 257 g/mol. The Bertz CT molecular complexity index is 419. The van der Waals surface area contributed by atoms with E-state index in [1.807, 2.05) is 20.8 Å². The predicted molar refractivity (Wildman–Crippen MR) is 68.2 cm³/mol. The van der Waals surface area contributed by atoms with E-state index in [2.05, 4.69) is 5.32 Å². The Balaban J connectivity index is 2.93. The van der Waals surface area contributed by atoms with Crippen LogP contribution in [-0.4, -0.2) is 12.6 Å². The second-order valence-corrected chi connectivity index (χ2v) is 4.61. The Morgan fingerprint density at radius 3 is 2.44 bits per heavy atom. The molecule has 0 fully saturated rings. The van der Waals surface area contributed by atoms with E-state index in [9.17, 15) is 13.2 Å². The number of hydrogen-bond donors (Lipinski definition) is 1. The molecule has 1 aromatic carbocycles. The molecule has 0 atom stereocenters. The van der Waals surface area contributed by atoms with Gasteiger partial charge in [0.2, 0.25) is 0 Å². The summed E-state index contributed by atoms with van der Waals surface area (Å²) in [5.41, 5.74) is 0.502. The minimum absolute atomic E-state index is 0.216. The Hall–Kier alpha value is -1.29. The molecule has 0 aromatic heterocycles. The molecule has 0 aliphatic heterocycles. The third-order valence-electron chi connectivity index (χ3n) is 2.46. The monoisotopic (exact) mass is 257 g/mol. The second-order valence-electron chi connectivity index (χ2n) is 4.61. The number of halogens is 3. The molecule has 0 bridgehead atoms. The third-order valence-corrected chi connectivity index (χ3v) is 2.46. The molecule has 0 aliphatic carbocycles. The SMILES string of the molecule is CC(=Cc1ccccc1C(F)(F)F)CNC(C)C. The zero-order valence-electron chi connectivity index (χ0n) is 10.8. The van der Waals surface area contributed by atoms with E-state index >= 15 is 0 Å². The van der Waals surface area contributed by atoms with E-state index in [0.717, 1.165) is 11.6 Å². The maximum Gasteiger partial charge on any atom is 0.416 e. The van der Waals surface area contributed by atoms with Gasteiger partial charge in [-0.3, -0.25) is 0 Å². The fourth-order valence-electron chi connectivity index (χ4n) is 1.56. The van der Waals surface area contributed by atoms with Crippen LogP contribution in [-0.2, 0) is 6.18 Å². The predicted octanol–water partition coefficient (Wildman–Crippen LogP) is 4.11. The largest absolute Gasteiger partial charge is 0.416 e. The van der Waals surface area contributed by atoms with Crippen LogP contribution < -0.4 is 5.32 Å². The van der Waals surface area contributed by atoms with Crippen molar-refractivity contribution in [2.45, 2.75) is 33.0 Å². The van der Waals surface area contributed by atoms with Gasteiger partial charge in [-0.05, 0) is 18.6 Å². The van der Waals surface area contributed by atoms with Crippen LogP contribution >= 0.6 is 0 Å². The van der Waals surface area contributed by atoms with Crippen LogP contribution in [0.15, 0.2) is 29.8 Å². The molecule has 0 amide bonds. The van der Waals surface area contributed by atoms with Crippen LogP contribution in [0.3, 0.4) is 0 Å². The van der Waals surface area contributed by atoms with Crippen LogP contribution in [0.1, 0.15) is 31.9 Å². The molecule has 0 radical (unpaired) electrons. The highest BCUT2D eigenvalue weighted by Gasteiger charge is 2.32. The van der Waals surface area contributed by atoms with Crippen LogP contribution in [0.4, 0.5) is 13.2 Å². The van der Waals surface area contributed by atoms with Gasteiger partial charge in [0.25, 0.3) is 0 Å². The first-order valence-electron chi connectivity index (χ1n) is 5.87. The number of rotatable bonds is 4. The standard InChI is InChI=1S/C14H18F3N/c1-10(2)18-9-11(3)8-12-6-4-5-7-13(12)14(15,16)17/h4-8,10,18H,9H2,1-3H3. The van der Waals surface area contributed by atoms with E-state index in [-0.39, 0.29) is 5.56 Å². The molecule has 0 aliphatic rings. The molecule has 0 saturated heterocycles. The zero-order chi connectivity index (χ0) is 13.8. The molecule has 18 heavy (non-hydrogen) atoms. The number of hydrogen-bond acceptors (Lipinski definition) is 1. The van der Waals surface area contributed by atoms with Crippen molar-refractivity contribution in [1.82, 2.24) is 5.32 Å². The summed E-state index contributed by atoms with van der Waals surface area (Å²) in [7, 11) is 0. The normalized spacial score (nSPS) is 13.2. The van der Waals surface area contributed by atoms with Crippen molar-refractivity contribution in [3.05, 3.63) is 41.0 Å². The van der Waals surface area contributed by atoms with Gasteiger partial charge in [0.1, 0.15) is 0 Å². The van der Waals surface area contributed by atoms with Crippen LogP contribution in [0, 0.1) is 0 Å². The van der Waals surface area contributed by atoms with Crippen molar-refractivity contribution in [2.75, 3.05) is 6.54 Å². The molecule has 4 heteroatoms. The minimum Gasteiger partial charge on any atom is -0.311 e. The van der Waals surface area contributed by atoms with Crippen molar-refractivity contribution in [3.63, 3.8) is 0 Å². The summed E-state index contributed by atoms with van der Waals surface area (Å²) in [6, 6.07) is 5.93. The van der Waals surface area contributed by atoms with E-state index in [1.165, 1.54) is 12.1 Å². The summed E-state index contributed by atoms with van der Waals surface area (Å²) in [5, 5.41) is 3.17. The first-order chi connectivity index (χ1) is 8.30. The molecule has 1 nitrogen and oxygen atoms in total. The third kappa shape index (κ3) is 4.53. The fourth-order valence-corrected chi connectivity index (χ4v) is 1.56. The molecular weight excluding hydrogens is 239 g/mol. The fraction of sp³-hybridized carbons (Fsp3) is 0.429. The van der Waals surface area contributed by atoms with Gasteiger partial charge in [-0.15, -0.1) is 0 Å². The van der Waals surface area contributed by atoms with Gasteiger partial charge in [-0.25, -0.2) is 0 Å². The molecule has 1 aromatic rings. The average Bonchev–Trinajstić information content (AvgIpc) is 2.25. The van der Waals surface area contributed by atoms with Gasteiger partial charge in [0, 0.05) is 12.6 Å². The smallest absolute Gasteiger partial charge is 0.311 e. The number of alkyl halides is 3. The van der Waals surface area contributed by atoms with Gasteiger partial charge in [0.15, 0.2) is 0 Å². The molecule has 0 unspecified atom stereocenters. The highest BCUT2D eigenvalue weighted by molar-refractivity contribution is 5.57. The van der Waals surface area contributed by atoms with Crippen LogP contribution in [0.2, 0.25) is 0 Å². The van der Waals surface area contributed by atoms with Crippen molar-refractivity contribution < 1.29 is 13.2 Å². The van der Waals surface area contributed by atoms with Crippen molar-refractivity contribution in [3.8, 4) is 0 Å². The Kier molecular flexibility index (Phi) is 4.96. The second kappa shape index (κ2) is 6.05. The summed E-state index contributed by atoms with van der Waals surface area (Å²) < 4.78 is 38.3. The van der Waals surface area contributed by atoms with Crippen molar-refractivity contribution >= 4 is 6.08 Å². The van der Waals surface area contributed by atoms with Gasteiger partial charge in [-0.1, -0.05) is 43.7 Å². The maximum absolute atomic E-state index is 12.8. The van der Waals surface area contributed by atoms with E-state index in [1.54, 1.807) is 12.1 Å². The summed E-state index contributed by atoms with van der Waals surface area (Å²) in [6.07, 6.45) is -2.73. The Labute approximate surface area is 106 Å². The molecule has 0 saturated carbocycles. The maximum atomic E-state index is 12.8. The Morgan fingerprint density at radius 2 is 1.89 bits per heavy atom. The lowest BCUT2D eigenvalue weighted by Crippen LogP contribution is -2.24. The van der Waals surface area contributed by atoms with E-state index in [4.69, 9.17) is 0 Å². The highest BCUT2D eigenvalue weighted by atomic mass is 19.4. The van der Waals surface area contributed by atoms with Gasteiger partial charge in [-0.2, -0.15) is 13.2 Å². The van der Waals surface area contributed by atoms with Crippen LogP contribution in [0.25, 0.3) is 6.08 Å². The number of nitrogens with one attached hydrogen (secondary N) is 1. The molecule has 0 heterocycles. The minimum atomic E-state index is -4.31. The van der Waals surface area contributed by atoms with Crippen LogP contribution in [0.5, 0.6) is 0 Å². The summed E-state index contributed by atoms with van der Waals surface area (Å²) in [6.45, 7) is 6.40. The summed E-state index contributed by atoms with van der Waals surface area (Å²) in [5.74, 6) is 0. The van der Waals surface area contributed by atoms with E-state index in [0.29, 0.717) is 12.6 Å². The lowest BCUT2D eigenvalue weighted by molar-refractivity contribution is -0.137. The molecule has 0 spiro atoms. The van der Waals surface area contributed by atoms with Crippen molar-refractivity contribution in [1.29, 1.82) is 0 Å². The molecule has 100 valence electrons. The Morgan fingerprint density at radius 1 is 1.28 bits per heavy atom. The summed E-state index contributed by atoms with van der Waals surface area (Å²) >= 11 is 0. The lowest BCUT2D eigenvalue weighted by atomic mass is 10.0. The quantitative estimate of drug-likeness (QED) is 0.856.